The Labute approximate surface area is 542 Å². The molecular formula is C92H61N. The first-order chi connectivity index (χ1) is 46.1. The van der Waals surface area contributed by atoms with Crippen molar-refractivity contribution in [2.24, 2.45) is 0 Å². The Morgan fingerprint density at radius 3 is 0.839 bits per heavy atom. The van der Waals surface area contributed by atoms with Gasteiger partial charge in [0.1, 0.15) is 0 Å². The van der Waals surface area contributed by atoms with Crippen molar-refractivity contribution in [1.82, 2.24) is 4.57 Å². The van der Waals surface area contributed by atoms with Crippen LogP contribution in [-0.4, -0.2) is 4.57 Å². The van der Waals surface area contributed by atoms with Crippen LogP contribution in [0.4, 0.5) is 0 Å². The molecule has 17 rings (SSSR count). The van der Waals surface area contributed by atoms with Crippen LogP contribution in [0.1, 0.15) is 0 Å². The molecule has 0 bridgehead atoms. The molecule has 0 spiro atoms. The van der Waals surface area contributed by atoms with Crippen molar-refractivity contribution >= 4 is 43.4 Å². The summed E-state index contributed by atoms with van der Waals surface area (Å²) >= 11 is 0. The summed E-state index contributed by atoms with van der Waals surface area (Å²) in [6.45, 7) is 0. The third kappa shape index (κ3) is 10.2. The zero-order valence-corrected chi connectivity index (χ0v) is 51.2. The van der Waals surface area contributed by atoms with Gasteiger partial charge in [-0.1, -0.05) is 303 Å². The van der Waals surface area contributed by atoms with E-state index >= 15 is 0 Å². The van der Waals surface area contributed by atoms with E-state index < -0.39 is 0 Å². The lowest BCUT2D eigenvalue weighted by atomic mass is 9.87. The summed E-state index contributed by atoms with van der Waals surface area (Å²) in [4.78, 5) is 0. The Balaban J connectivity index is 0.847. The lowest BCUT2D eigenvalue weighted by Crippen LogP contribution is -1.94. The Kier molecular flexibility index (Phi) is 14.0. The van der Waals surface area contributed by atoms with Crippen LogP contribution in [0, 0.1) is 0 Å². The van der Waals surface area contributed by atoms with E-state index in [4.69, 9.17) is 0 Å². The van der Waals surface area contributed by atoms with E-state index in [2.05, 4.69) is 375 Å². The standard InChI is InChI=1S/C92H61N/c1-7-23-62(24-8-1)69-41-49-78(84(55-69)64-27-11-3-12-28-64)72-43-51-80(86(58-72)66-31-15-5-16-32-66)74-45-53-91-89(60-74)90-61-75(46-54-92(90)93(91)76-47-39-68(40-48-76)88-57-71-35-19-20-36-77(71)82-37-21-22-38-83(82)88)81-52-44-73(59-87(81)67-33-17-6-18-34-67)79-50-42-70(63-25-9-2-10-26-63)56-85(79)65-29-13-4-14-30-65/h1-61H. The second-order valence-electron chi connectivity index (χ2n) is 24.3. The van der Waals surface area contributed by atoms with Gasteiger partial charge in [0, 0.05) is 16.5 Å². The van der Waals surface area contributed by atoms with Gasteiger partial charge in [-0.05, 0) is 211 Å². The molecule has 0 aliphatic heterocycles. The van der Waals surface area contributed by atoms with Gasteiger partial charge in [0.05, 0.1) is 11.0 Å². The lowest BCUT2D eigenvalue weighted by molar-refractivity contribution is 1.18. The van der Waals surface area contributed by atoms with Crippen LogP contribution in [-0.2, 0) is 0 Å². The summed E-state index contributed by atoms with van der Waals surface area (Å²) in [7, 11) is 0. The monoisotopic (exact) mass is 1180 g/mol. The number of hydrogen-bond donors (Lipinski definition) is 0. The normalized spacial score (nSPS) is 11.4. The molecule has 0 radical (unpaired) electrons. The topological polar surface area (TPSA) is 4.93 Å². The maximum atomic E-state index is 2.47. The number of nitrogens with zero attached hydrogens (tertiary/aromatic N) is 1. The minimum absolute atomic E-state index is 1.10. The van der Waals surface area contributed by atoms with Gasteiger partial charge in [-0.15, -0.1) is 0 Å². The number of hydrogen-bond acceptors (Lipinski definition) is 0. The van der Waals surface area contributed by atoms with Gasteiger partial charge in [-0.3, -0.25) is 0 Å². The van der Waals surface area contributed by atoms with Crippen molar-refractivity contribution in [2.45, 2.75) is 0 Å². The number of aromatic nitrogens is 1. The smallest absolute Gasteiger partial charge is 0.0541 e. The highest BCUT2D eigenvalue weighted by atomic mass is 15.0. The first kappa shape index (κ1) is 54.9. The largest absolute Gasteiger partial charge is 0.309 e. The summed E-state index contributed by atoms with van der Waals surface area (Å²) in [5, 5.41) is 7.40. The molecule has 0 saturated heterocycles. The predicted octanol–water partition coefficient (Wildman–Crippen LogP) is 25.4. The molecule has 1 heterocycles. The summed E-state index contributed by atoms with van der Waals surface area (Å²) in [5.74, 6) is 0. The molecule has 1 nitrogen and oxygen atoms in total. The highest BCUT2D eigenvalue weighted by molar-refractivity contribution is 6.15. The van der Waals surface area contributed by atoms with E-state index in [1.165, 1.54) is 144 Å². The van der Waals surface area contributed by atoms with Crippen LogP contribution in [0.25, 0.3) is 171 Å². The Hall–Kier alpha value is -12.2. The van der Waals surface area contributed by atoms with Gasteiger partial charge in [0.15, 0.2) is 0 Å². The van der Waals surface area contributed by atoms with Gasteiger partial charge >= 0.3 is 0 Å². The zero-order valence-electron chi connectivity index (χ0n) is 51.2. The van der Waals surface area contributed by atoms with Crippen molar-refractivity contribution in [1.29, 1.82) is 0 Å². The summed E-state index contributed by atoms with van der Waals surface area (Å²) < 4.78 is 2.47. The number of rotatable bonds is 12. The molecule has 0 unspecified atom stereocenters. The third-order valence-electron chi connectivity index (χ3n) is 18.8. The first-order valence-corrected chi connectivity index (χ1v) is 32.1. The molecule has 0 amide bonds. The van der Waals surface area contributed by atoms with E-state index in [-0.39, 0.29) is 0 Å². The van der Waals surface area contributed by atoms with Crippen LogP contribution in [0.2, 0.25) is 0 Å². The molecule has 434 valence electrons. The molecular weight excluding hydrogens is 1120 g/mol. The van der Waals surface area contributed by atoms with Crippen LogP contribution in [0.5, 0.6) is 0 Å². The lowest BCUT2D eigenvalue weighted by Gasteiger charge is -2.17. The van der Waals surface area contributed by atoms with Crippen molar-refractivity contribution in [3.05, 3.63) is 370 Å². The highest BCUT2D eigenvalue weighted by Gasteiger charge is 2.21. The molecule has 0 aliphatic rings. The minimum atomic E-state index is 1.10. The maximum absolute atomic E-state index is 2.47. The quantitative estimate of drug-likeness (QED) is 0.107. The van der Waals surface area contributed by atoms with Crippen molar-refractivity contribution in [2.75, 3.05) is 0 Å². The van der Waals surface area contributed by atoms with Crippen molar-refractivity contribution < 1.29 is 0 Å². The minimum Gasteiger partial charge on any atom is -0.309 e. The number of benzene rings is 16. The fraction of sp³-hybridized carbons (Fsp3) is 0. The Morgan fingerprint density at radius 2 is 0.430 bits per heavy atom. The van der Waals surface area contributed by atoms with Crippen LogP contribution < -0.4 is 0 Å². The van der Waals surface area contributed by atoms with Crippen LogP contribution in [0.3, 0.4) is 0 Å². The van der Waals surface area contributed by atoms with Gasteiger partial charge in [0.25, 0.3) is 0 Å². The second-order valence-corrected chi connectivity index (χ2v) is 24.3. The molecule has 0 atom stereocenters. The molecule has 1 aromatic heterocycles. The van der Waals surface area contributed by atoms with Crippen LogP contribution in [0.15, 0.2) is 370 Å². The average molecular weight is 1180 g/mol. The average Bonchev–Trinajstić information content (AvgIpc) is 1.71. The van der Waals surface area contributed by atoms with E-state index in [1.807, 2.05) is 0 Å². The molecule has 1 heteroatoms. The maximum Gasteiger partial charge on any atom is 0.0541 e. The van der Waals surface area contributed by atoms with Gasteiger partial charge in [-0.25, -0.2) is 0 Å². The van der Waals surface area contributed by atoms with E-state index in [9.17, 15) is 0 Å². The van der Waals surface area contributed by atoms with Crippen LogP contribution >= 0.6 is 0 Å². The van der Waals surface area contributed by atoms with Crippen molar-refractivity contribution in [3.8, 4) is 128 Å². The van der Waals surface area contributed by atoms with E-state index in [1.54, 1.807) is 0 Å². The van der Waals surface area contributed by atoms with Gasteiger partial charge in [0.2, 0.25) is 0 Å². The first-order valence-electron chi connectivity index (χ1n) is 32.1. The molecule has 0 fully saturated rings. The molecule has 0 N–H and O–H groups in total. The Morgan fingerprint density at radius 1 is 0.140 bits per heavy atom. The third-order valence-corrected chi connectivity index (χ3v) is 18.8. The molecule has 16 aromatic carbocycles. The Bertz CT molecular complexity index is 5340. The molecule has 17 aromatic rings. The highest BCUT2D eigenvalue weighted by Crippen LogP contribution is 2.46. The van der Waals surface area contributed by atoms with Crippen molar-refractivity contribution in [3.63, 3.8) is 0 Å². The van der Waals surface area contributed by atoms with Gasteiger partial charge in [-0.2, -0.15) is 0 Å². The summed E-state index contributed by atoms with van der Waals surface area (Å²) in [6, 6.07) is 136. The number of fused-ring (bicyclic) bond motifs is 6. The summed E-state index contributed by atoms with van der Waals surface area (Å²) in [6.07, 6.45) is 0. The van der Waals surface area contributed by atoms with E-state index in [0.29, 0.717) is 0 Å². The zero-order chi connectivity index (χ0) is 61.6. The molecule has 0 saturated carbocycles. The second kappa shape index (κ2) is 23.7. The fourth-order valence-electron chi connectivity index (χ4n) is 14.3. The summed E-state index contributed by atoms with van der Waals surface area (Å²) in [5.41, 5.74) is 29.4. The molecule has 0 aliphatic carbocycles. The molecule has 93 heavy (non-hydrogen) atoms. The predicted molar refractivity (Wildman–Crippen MR) is 396 cm³/mol. The van der Waals surface area contributed by atoms with E-state index in [0.717, 1.165) is 27.8 Å². The van der Waals surface area contributed by atoms with Gasteiger partial charge < -0.3 is 4.57 Å². The fourth-order valence-corrected chi connectivity index (χ4v) is 14.3. The SMILES string of the molecule is c1ccc(-c2ccc(-c3ccc(-c4ccc5c(c4)c4cc(-c6ccc(-c7ccc(-c8ccccc8)cc7-c7ccccc7)cc6-c6ccccc6)ccc4n5-c4ccc(-c5cc6ccccc6c6ccccc56)cc4)c(-c4ccccc4)c3)c(-c3ccccc3)c2)cc1.